The van der Waals surface area contributed by atoms with Crippen LogP contribution in [0.4, 0.5) is 10.8 Å². The van der Waals surface area contributed by atoms with Crippen LogP contribution in [0.3, 0.4) is 0 Å². The van der Waals surface area contributed by atoms with Crippen LogP contribution >= 0.6 is 11.3 Å². The Hall–Kier alpha value is -2.61. The van der Waals surface area contributed by atoms with Gasteiger partial charge in [-0.15, -0.1) is 11.3 Å². The summed E-state index contributed by atoms with van der Waals surface area (Å²) in [5, 5.41) is 5.07. The van der Waals surface area contributed by atoms with Crippen LogP contribution in [0.2, 0.25) is 0 Å². The average Bonchev–Trinajstić information content (AvgIpc) is 3.26. The summed E-state index contributed by atoms with van der Waals surface area (Å²) in [5.41, 5.74) is 0.712. The fourth-order valence-electron chi connectivity index (χ4n) is 2.68. The second-order valence-corrected chi connectivity index (χ2v) is 6.16. The van der Waals surface area contributed by atoms with Crippen molar-refractivity contribution >= 4 is 34.0 Å². The molecule has 0 bridgehead atoms. The third kappa shape index (κ3) is 2.61. The van der Waals surface area contributed by atoms with Crippen LogP contribution in [0.15, 0.2) is 29.8 Å². The predicted octanol–water partition coefficient (Wildman–Crippen LogP) is 1.86. The minimum Gasteiger partial charge on any atom is -0.454 e. The number of anilines is 2. The van der Waals surface area contributed by atoms with Crippen molar-refractivity contribution in [1.82, 2.24) is 4.98 Å². The molecule has 0 unspecified atom stereocenters. The molecule has 8 heteroatoms. The summed E-state index contributed by atoms with van der Waals surface area (Å²) in [6.07, 6.45) is 1.81. The van der Waals surface area contributed by atoms with Gasteiger partial charge in [-0.3, -0.25) is 9.59 Å². The zero-order chi connectivity index (χ0) is 15.8. The smallest absolute Gasteiger partial charge is 0.231 e. The van der Waals surface area contributed by atoms with Gasteiger partial charge < -0.3 is 19.7 Å². The van der Waals surface area contributed by atoms with Gasteiger partial charge in [0, 0.05) is 36.3 Å². The van der Waals surface area contributed by atoms with E-state index >= 15 is 0 Å². The summed E-state index contributed by atoms with van der Waals surface area (Å²) in [5.74, 6) is 0.626. The van der Waals surface area contributed by atoms with E-state index in [1.165, 1.54) is 11.3 Å². The number of thiazole rings is 1. The fourth-order valence-corrected chi connectivity index (χ4v) is 3.21. The van der Waals surface area contributed by atoms with Gasteiger partial charge in [0.25, 0.3) is 0 Å². The van der Waals surface area contributed by atoms with Gasteiger partial charge >= 0.3 is 0 Å². The Bertz CT molecular complexity index is 762. The third-order valence-electron chi connectivity index (χ3n) is 3.83. The quantitative estimate of drug-likeness (QED) is 0.928. The number of nitrogens with one attached hydrogen (secondary N) is 1. The van der Waals surface area contributed by atoms with Crippen LogP contribution in [0.1, 0.15) is 6.42 Å². The number of rotatable bonds is 3. The van der Waals surface area contributed by atoms with Crippen molar-refractivity contribution in [3.63, 3.8) is 0 Å². The zero-order valence-electron chi connectivity index (χ0n) is 12.0. The van der Waals surface area contributed by atoms with Crippen molar-refractivity contribution in [2.45, 2.75) is 6.42 Å². The monoisotopic (exact) mass is 331 g/mol. The second kappa shape index (κ2) is 5.54. The van der Waals surface area contributed by atoms with E-state index in [9.17, 15) is 9.59 Å². The topological polar surface area (TPSA) is 80.8 Å². The maximum Gasteiger partial charge on any atom is 0.231 e. The largest absolute Gasteiger partial charge is 0.454 e. The Morgan fingerprint density at radius 3 is 3.04 bits per heavy atom. The molecule has 0 radical (unpaired) electrons. The van der Waals surface area contributed by atoms with Crippen molar-refractivity contribution in [3.05, 3.63) is 29.8 Å². The van der Waals surface area contributed by atoms with E-state index in [4.69, 9.17) is 9.47 Å². The lowest BCUT2D eigenvalue weighted by Crippen LogP contribution is -2.28. The molecule has 4 rings (SSSR count). The second-order valence-electron chi connectivity index (χ2n) is 5.27. The molecule has 1 aromatic heterocycles. The molecule has 2 aliphatic rings. The molecule has 1 N–H and O–H groups in total. The number of amides is 2. The fraction of sp³-hybridized carbons (Fsp3) is 0.267. The number of nitrogens with zero attached hydrogens (tertiary/aromatic N) is 2. The first-order valence-corrected chi connectivity index (χ1v) is 7.99. The molecule has 2 aliphatic heterocycles. The lowest BCUT2D eigenvalue weighted by atomic mass is 10.1. The molecule has 1 atom stereocenters. The molecule has 2 aromatic rings. The van der Waals surface area contributed by atoms with Gasteiger partial charge in [-0.05, 0) is 12.1 Å². The summed E-state index contributed by atoms with van der Waals surface area (Å²) < 4.78 is 10.6. The van der Waals surface area contributed by atoms with E-state index < -0.39 is 5.92 Å². The van der Waals surface area contributed by atoms with Crippen LogP contribution in [-0.4, -0.2) is 30.1 Å². The van der Waals surface area contributed by atoms with Crippen molar-refractivity contribution in [1.29, 1.82) is 0 Å². The van der Waals surface area contributed by atoms with E-state index in [0.29, 0.717) is 28.9 Å². The average molecular weight is 331 g/mol. The molecule has 118 valence electrons. The van der Waals surface area contributed by atoms with E-state index in [0.717, 1.165) is 0 Å². The lowest BCUT2D eigenvalue weighted by molar-refractivity contribution is -0.122. The Morgan fingerprint density at radius 1 is 1.35 bits per heavy atom. The summed E-state index contributed by atoms with van der Waals surface area (Å²) >= 11 is 1.35. The standard InChI is InChI=1S/C15H13N3O4S/c19-13-5-9(14(20)17-15-16-3-4-23-15)7-18(13)10-1-2-11-12(6-10)22-8-21-11/h1-4,6,9H,5,7-8H2,(H,16,17,20)/t9-/m1/s1. The highest BCUT2D eigenvalue weighted by atomic mass is 32.1. The van der Waals surface area contributed by atoms with Gasteiger partial charge in [-0.1, -0.05) is 0 Å². The number of fused-ring (bicyclic) bond motifs is 1. The van der Waals surface area contributed by atoms with Crippen molar-refractivity contribution in [2.75, 3.05) is 23.6 Å². The highest BCUT2D eigenvalue weighted by molar-refractivity contribution is 7.13. The van der Waals surface area contributed by atoms with Crippen LogP contribution in [0.5, 0.6) is 11.5 Å². The molecule has 23 heavy (non-hydrogen) atoms. The summed E-state index contributed by atoms with van der Waals surface area (Å²) in [7, 11) is 0. The number of ether oxygens (including phenoxy) is 2. The summed E-state index contributed by atoms with van der Waals surface area (Å²) in [6.45, 7) is 0.529. The molecule has 0 saturated carbocycles. The van der Waals surface area contributed by atoms with E-state index in [1.807, 2.05) is 0 Å². The van der Waals surface area contributed by atoms with Gasteiger partial charge in [0.05, 0.1) is 5.92 Å². The molecule has 2 amide bonds. The van der Waals surface area contributed by atoms with E-state index in [-0.39, 0.29) is 25.0 Å². The number of carbonyl (C=O) groups excluding carboxylic acids is 2. The lowest BCUT2D eigenvalue weighted by Gasteiger charge is -2.17. The number of benzene rings is 1. The minimum absolute atomic E-state index is 0.0804. The SMILES string of the molecule is O=C(Nc1nccs1)[C@@H]1CC(=O)N(c2ccc3c(c2)OCO3)C1. The van der Waals surface area contributed by atoms with Gasteiger partial charge in [-0.2, -0.15) is 0 Å². The summed E-state index contributed by atoms with van der Waals surface area (Å²) in [6, 6.07) is 5.34. The Balaban J connectivity index is 1.49. The molecule has 1 fully saturated rings. The number of hydrogen-bond donors (Lipinski definition) is 1. The normalized spacial score (nSPS) is 19.2. The Labute approximate surface area is 135 Å². The van der Waals surface area contributed by atoms with Crippen LogP contribution in [0.25, 0.3) is 0 Å². The number of carbonyl (C=O) groups is 2. The van der Waals surface area contributed by atoms with Crippen LogP contribution < -0.4 is 19.7 Å². The molecule has 0 spiro atoms. The minimum atomic E-state index is -0.392. The van der Waals surface area contributed by atoms with Gasteiger partial charge in [0.1, 0.15) is 0 Å². The first-order valence-electron chi connectivity index (χ1n) is 7.11. The molecule has 3 heterocycles. The van der Waals surface area contributed by atoms with Crippen LogP contribution in [0, 0.1) is 5.92 Å². The molecule has 1 aromatic carbocycles. The highest BCUT2D eigenvalue weighted by Gasteiger charge is 2.36. The first-order chi connectivity index (χ1) is 11.2. The third-order valence-corrected chi connectivity index (χ3v) is 4.51. The van der Waals surface area contributed by atoms with Crippen molar-refractivity contribution in [2.24, 2.45) is 5.92 Å². The highest BCUT2D eigenvalue weighted by Crippen LogP contribution is 2.37. The predicted molar refractivity (Wildman–Crippen MR) is 83.8 cm³/mol. The molecule has 7 nitrogen and oxygen atoms in total. The van der Waals surface area contributed by atoms with Gasteiger partial charge in [-0.25, -0.2) is 4.98 Å². The molecular weight excluding hydrogens is 318 g/mol. The molecule has 0 aliphatic carbocycles. The molecular formula is C15H13N3O4S. The maximum absolute atomic E-state index is 12.3. The molecule has 1 saturated heterocycles. The van der Waals surface area contributed by atoms with Crippen molar-refractivity contribution in [3.8, 4) is 11.5 Å². The zero-order valence-corrected chi connectivity index (χ0v) is 12.8. The van der Waals surface area contributed by atoms with E-state index in [1.54, 1.807) is 34.7 Å². The van der Waals surface area contributed by atoms with Gasteiger partial charge in [0.15, 0.2) is 16.6 Å². The maximum atomic E-state index is 12.3. The Morgan fingerprint density at radius 2 is 2.22 bits per heavy atom. The first kappa shape index (κ1) is 14.0. The van der Waals surface area contributed by atoms with Crippen molar-refractivity contribution < 1.29 is 19.1 Å². The van der Waals surface area contributed by atoms with Crippen LogP contribution in [-0.2, 0) is 9.59 Å². The number of aromatic nitrogens is 1. The van der Waals surface area contributed by atoms with Gasteiger partial charge in [0.2, 0.25) is 18.6 Å². The Kier molecular flexibility index (Phi) is 3.38. The summed E-state index contributed by atoms with van der Waals surface area (Å²) in [4.78, 5) is 30.1. The number of hydrogen-bond acceptors (Lipinski definition) is 6. The van der Waals surface area contributed by atoms with E-state index in [2.05, 4.69) is 10.3 Å².